The van der Waals surface area contributed by atoms with Crippen molar-refractivity contribution in [2.75, 3.05) is 13.2 Å². The largest absolute Gasteiger partial charge is 0.465 e. The molecule has 4 atom stereocenters. The summed E-state index contributed by atoms with van der Waals surface area (Å²) >= 11 is 0. The fraction of sp³-hybridized carbons (Fsp3) is 0.750. The van der Waals surface area contributed by atoms with Gasteiger partial charge in [-0.2, -0.15) is 0 Å². The van der Waals surface area contributed by atoms with Gasteiger partial charge < -0.3 is 9.47 Å². The summed E-state index contributed by atoms with van der Waals surface area (Å²) in [4.78, 5) is 22.4. The van der Waals surface area contributed by atoms with Crippen LogP contribution in [0.5, 0.6) is 0 Å². The van der Waals surface area contributed by atoms with Crippen molar-refractivity contribution in [3.05, 3.63) is 23.8 Å². The van der Waals surface area contributed by atoms with Crippen LogP contribution in [-0.2, 0) is 19.1 Å². The molecule has 0 aromatic rings. The quantitative estimate of drug-likeness (QED) is 0.418. The van der Waals surface area contributed by atoms with Crippen LogP contribution in [0, 0.1) is 22.7 Å². The van der Waals surface area contributed by atoms with Crippen LogP contribution in [0.15, 0.2) is 23.8 Å². The maximum absolute atomic E-state index is 11.4. The van der Waals surface area contributed by atoms with E-state index in [9.17, 15) is 9.59 Å². The van der Waals surface area contributed by atoms with E-state index in [1.807, 2.05) is 6.08 Å². The van der Waals surface area contributed by atoms with Gasteiger partial charge in [0.05, 0.1) is 6.61 Å². The summed E-state index contributed by atoms with van der Waals surface area (Å²) in [6, 6.07) is 0. The van der Waals surface area contributed by atoms with Crippen molar-refractivity contribution in [2.45, 2.75) is 79.6 Å². The molecule has 2 aliphatic carbocycles. The monoisotopic (exact) mass is 390 g/mol. The number of carbonyl (C=O) groups is 2. The van der Waals surface area contributed by atoms with Crippen LogP contribution in [0.3, 0.4) is 0 Å². The number of esters is 2. The summed E-state index contributed by atoms with van der Waals surface area (Å²) in [5, 5.41) is 0. The van der Waals surface area contributed by atoms with Crippen molar-refractivity contribution in [3.63, 3.8) is 0 Å². The zero-order valence-electron chi connectivity index (χ0n) is 18.4. The van der Waals surface area contributed by atoms with E-state index in [0.29, 0.717) is 25.0 Å². The number of ether oxygens (including phenoxy) is 2. The molecular weight excluding hydrogens is 352 g/mol. The third-order valence-corrected chi connectivity index (χ3v) is 7.29. The topological polar surface area (TPSA) is 52.6 Å². The first kappa shape index (κ1) is 22.7. The summed E-state index contributed by atoms with van der Waals surface area (Å²) in [5.41, 5.74) is 2.90. The van der Waals surface area contributed by atoms with E-state index in [1.165, 1.54) is 37.8 Å². The molecule has 2 rings (SSSR count). The van der Waals surface area contributed by atoms with Crippen LogP contribution in [0.1, 0.15) is 79.6 Å². The van der Waals surface area contributed by atoms with Gasteiger partial charge in [-0.15, -0.1) is 0 Å². The maximum Gasteiger partial charge on any atom is 0.302 e. The Labute approximate surface area is 170 Å². The SMILES string of the molecule is C=C1CC[C@H]2[C@@](C)(COC(C)=O)CCC[C@]2(C)C1CCC(C)=CCOC(C)=O. The highest BCUT2D eigenvalue weighted by Gasteiger charge is 2.54. The van der Waals surface area contributed by atoms with Gasteiger partial charge in [-0.3, -0.25) is 9.59 Å². The molecule has 0 spiro atoms. The van der Waals surface area contributed by atoms with Crippen LogP contribution < -0.4 is 0 Å². The second-order valence-corrected chi connectivity index (χ2v) is 9.49. The molecule has 2 saturated carbocycles. The van der Waals surface area contributed by atoms with Crippen LogP contribution in [-0.4, -0.2) is 25.2 Å². The van der Waals surface area contributed by atoms with Crippen LogP contribution in [0.25, 0.3) is 0 Å². The molecule has 0 aromatic carbocycles. The first-order chi connectivity index (χ1) is 13.1. The Balaban J connectivity index is 2.10. The fourth-order valence-corrected chi connectivity index (χ4v) is 5.83. The highest BCUT2D eigenvalue weighted by Crippen LogP contribution is 2.62. The van der Waals surface area contributed by atoms with Crippen molar-refractivity contribution in [2.24, 2.45) is 22.7 Å². The molecule has 1 unspecified atom stereocenters. The van der Waals surface area contributed by atoms with Crippen LogP contribution >= 0.6 is 0 Å². The average Bonchev–Trinajstić information content (AvgIpc) is 2.59. The lowest BCUT2D eigenvalue weighted by Gasteiger charge is -2.58. The average molecular weight is 391 g/mol. The number of rotatable bonds is 7. The standard InChI is InChI=1S/C24H38O4/c1-17(12-15-27-19(3)25)8-10-21-18(2)9-11-22-23(5,16-28-20(4)26)13-7-14-24(21,22)6/h12,21-22H,2,7-11,13-16H2,1,3-6H3/t21?,22-,23+,24+/m0/s1. The van der Waals surface area contributed by atoms with Gasteiger partial charge in [-0.1, -0.05) is 38.0 Å². The van der Waals surface area contributed by atoms with Crippen molar-refractivity contribution < 1.29 is 19.1 Å². The van der Waals surface area contributed by atoms with E-state index in [2.05, 4.69) is 27.4 Å². The highest BCUT2D eigenvalue weighted by atomic mass is 16.5. The van der Waals surface area contributed by atoms with Gasteiger partial charge in [-0.25, -0.2) is 0 Å². The molecule has 4 nitrogen and oxygen atoms in total. The second-order valence-electron chi connectivity index (χ2n) is 9.49. The lowest BCUT2D eigenvalue weighted by molar-refractivity contribution is -0.152. The van der Waals surface area contributed by atoms with Gasteiger partial charge >= 0.3 is 11.9 Å². The van der Waals surface area contributed by atoms with Gasteiger partial charge in [0.2, 0.25) is 0 Å². The minimum absolute atomic E-state index is 0.0534. The maximum atomic E-state index is 11.4. The Morgan fingerprint density at radius 3 is 2.46 bits per heavy atom. The number of allylic oxidation sites excluding steroid dienone is 2. The molecule has 28 heavy (non-hydrogen) atoms. The number of hydrogen-bond acceptors (Lipinski definition) is 4. The molecule has 2 fully saturated rings. The zero-order valence-corrected chi connectivity index (χ0v) is 18.4. The Morgan fingerprint density at radius 2 is 1.82 bits per heavy atom. The molecule has 0 radical (unpaired) electrons. The highest BCUT2D eigenvalue weighted by molar-refractivity contribution is 5.66. The lowest BCUT2D eigenvalue weighted by Crippen LogP contribution is -2.52. The van der Waals surface area contributed by atoms with E-state index >= 15 is 0 Å². The van der Waals surface area contributed by atoms with E-state index in [1.54, 1.807) is 0 Å². The van der Waals surface area contributed by atoms with Gasteiger partial charge in [0.1, 0.15) is 6.61 Å². The lowest BCUT2D eigenvalue weighted by atomic mass is 9.47. The number of fused-ring (bicyclic) bond motifs is 1. The number of hydrogen-bond donors (Lipinski definition) is 0. The molecule has 4 heteroatoms. The van der Waals surface area contributed by atoms with E-state index in [0.717, 1.165) is 32.1 Å². The molecule has 0 amide bonds. The molecule has 0 N–H and O–H groups in total. The van der Waals surface area contributed by atoms with Gasteiger partial charge in [-0.05, 0) is 68.8 Å². The molecular formula is C24H38O4. The summed E-state index contributed by atoms with van der Waals surface area (Å²) in [6.07, 6.45) is 9.82. The minimum Gasteiger partial charge on any atom is -0.465 e. The Hall–Kier alpha value is -1.58. The Bertz CT molecular complexity index is 635. The molecule has 0 saturated heterocycles. The minimum atomic E-state index is -0.241. The summed E-state index contributed by atoms with van der Waals surface area (Å²) < 4.78 is 10.5. The molecule has 2 aliphatic rings. The van der Waals surface area contributed by atoms with Crippen molar-refractivity contribution in [3.8, 4) is 0 Å². The van der Waals surface area contributed by atoms with E-state index in [4.69, 9.17) is 9.47 Å². The molecule has 0 aliphatic heterocycles. The van der Waals surface area contributed by atoms with Crippen molar-refractivity contribution in [1.29, 1.82) is 0 Å². The van der Waals surface area contributed by atoms with Gasteiger partial charge in [0.15, 0.2) is 0 Å². The molecule has 0 heterocycles. The first-order valence-corrected chi connectivity index (χ1v) is 10.7. The summed E-state index contributed by atoms with van der Waals surface area (Å²) in [7, 11) is 0. The zero-order chi connectivity index (χ0) is 20.9. The third-order valence-electron chi connectivity index (χ3n) is 7.29. The van der Waals surface area contributed by atoms with E-state index in [-0.39, 0.29) is 22.8 Å². The predicted molar refractivity (Wildman–Crippen MR) is 112 cm³/mol. The normalized spacial score (nSPS) is 33.2. The fourth-order valence-electron chi connectivity index (χ4n) is 5.83. The van der Waals surface area contributed by atoms with Crippen molar-refractivity contribution >= 4 is 11.9 Å². The van der Waals surface area contributed by atoms with Crippen LogP contribution in [0.2, 0.25) is 0 Å². The molecule has 158 valence electrons. The van der Waals surface area contributed by atoms with E-state index < -0.39 is 0 Å². The van der Waals surface area contributed by atoms with Gasteiger partial charge in [0.25, 0.3) is 0 Å². The van der Waals surface area contributed by atoms with Crippen molar-refractivity contribution in [1.82, 2.24) is 0 Å². The number of carbonyl (C=O) groups excluding carboxylic acids is 2. The predicted octanol–water partition coefficient (Wildman–Crippen LogP) is 5.62. The third kappa shape index (κ3) is 5.27. The Kier molecular flexibility index (Phi) is 7.52. The van der Waals surface area contributed by atoms with Crippen LogP contribution in [0.4, 0.5) is 0 Å². The summed E-state index contributed by atoms with van der Waals surface area (Å²) in [6.45, 7) is 15.1. The Morgan fingerprint density at radius 1 is 1.14 bits per heavy atom. The molecule has 0 bridgehead atoms. The first-order valence-electron chi connectivity index (χ1n) is 10.7. The summed E-state index contributed by atoms with van der Waals surface area (Å²) in [5.74, 6) is 0.613. The molecule has 0 aromatic heterocycles. The van der Waals surface area contributed by atoms with Gasteiger partial charge in [0, 0.05) is 19.3 Å². The smallest absolute Gasteiger partial charge is 0.302 e. The second kappa shape index (κ2) is 9.28.